The fraction of sp³-hybridized carbons (Fsp3) is 0.500. The first-order valence-corrected chi connectivity index (χ1v) is 14.5. The van der Waals surface area contributed by atoms with Gasteiger partial charge in [-0.2, -0.15) is 0 Å². The van der Waals surface area contributed by atoms with E-state index in [-0.39, 0.29) is 30.8 Å². The molecule has 2 amide bonds. The van der Waals surface area contributed by atoms with Crippen LogP contribution in [0.25, 0.3) is 0 Å². The quantitative estimate of drug-likeness (QED) is 0.423. The van der Waals surface area contributed by atoms with Crippen LogP contribution in [0.5, 0.6) is 0 Å². The Bertz CT molecular complexity index is 1120. The van der Waals surface area contributed by atoms with Gasteiger partial charge in [-0.3, -0.25) is 13.9 Å². The molecule has 0 aromatic heterocycles. The van der Waals surface area contributed by atoms with Gasteiger partial charge in [0.25, 0.3) is 0 Å². The molecule has 2 aromatic rings. The fourth-order valence-electron chi connectivity index (χ4n) is 4.11. The van der Waals surface area contributed by atoms with Gasteiger partial charge in [0.1, 0.15) is 6.04 Å². The third-order valence-corrected chi connectivity index (χ3v) is 7.55. The topological polar surface area (TPSA) is 86.8 Å². The summed E-state index contributed by atoms with van der Waals surface area (Å²) in [6.45, 7) is 10.1. The van der Waals surface area contributed by atoms with E-state index in [2.05, 4.69) is 5.32 Å². The average molecular weight is 516 g/mol. The first-order valence-electron chi connectivity index (χ1n) is 12.7. The Hall–Kier alpha value is -2.87. The summed E-state index contributed by atoms with van der Waals surface area (Å²) in [4.78, 5) is 28.2. The molecule has 2 atom stereocenters. The van der Waals surface area contributed by atoms with E-state index in [1.807, 2.05) is 83.1 Å². The van der Waals surface area contributed by atoms with Crippen LogP contribution < -0.4 is 9.62 Å². The summed E-state index contributed by atoms with van der Waals surface area (Å²) in [7, 11) is -3.53. The van der Waals surface area contributed by atoms with Crippen LogP contribution in [-0.4, -0.2) is 50.0 Å². The minimum absolute atomic E-state index is 0.0149. The number of aryl methyl sites for hydroxylation is 2. The maximum Gasteiger partial charge on any atom is 0.243 e. The number of hydrogen-bond acceptors (Lipinski definition) is 4. The van der Waals surface area contributed by atoms with Gasteiger partial charge in [0.05, 0.1) is 11.9 Å². The van der Waals surface area contributed by atoms with E-state index < -0.39 is 16.1 Å². The van der Waals surface area contributed by atoms with Gasteiger partial charge in [0.15, 0.2) is 0 Å². The van der Waals surface area contributed by atoms with Crippen molar-refractivity contribution in [1.82, 2.24) is 10.2 Å². The fourth-order valence-corrected chi connectivity index (χ4v) is 5.13. The highest BCUT2D eigenvalue weighted by molar-refractivity contribution is 7.92. The summed E-state index contributed by atoms with van der Waals surface area (Å²) in [5.74, 6) is -0.330. The second-order valence-corrected chi connectivity index (χ2v) is 11.4. The molecule has 198 valence electrons. The van der Waals surface area contributed by atoms with Crippen molar-refractivity contribution in [2.24, 2.45) is 0 Å². The van der Waals surface area contributed by atoms with E-state index >= 15 is 0 Å². The Morgan fingerprint density at radius 2 is 1.67 bits per heavy atom. The standard InChI is InChI=1S/C28H41N3O4S/c1-7-23(5)29-28(33)25(8-2)30(20-24-13-10-9-11-14-24)27(32)15-12-18-31(36(6,34)35)26-19-21(3)16-17-22(26)4/h9-11,13-14,16-17,19,23,25H,7-8,12,15,18,20H2,1-6H3,(H,29,33)/t23-,25+/m1/s1. The van der Waals surface area contributed by atoms with E-state index in [0.29, 0.717) is 25.1 Å². The predicted molar refractivity (Wildman–Crippen MR) is 146 cm³/mol. The number of carbonyl (C=O) groups excluding carboxylic acids is 2. The maximum absolute atomic E-state index is 13.5. The number of nitrogens with one attached hydrogen (secondary N) is 1. The van der Waals surface area contributed by atoms with Gasteiger partial charge in [-0.15, -0.1) is 0 Å². The molecule has 0 saturated heterocycles. The summed E-state index contributed by atoms with van der Waals surface area (Å²) in [6, 6.07) is 14.7. The molecule has 0 aliphatic heterocycles. The second kappa shape index (κ2) is 13.4. The van der Waals surface area contributed by atoms with Gasteiger partial charge in [-0.05, 0) is 62.8 Å². The SMILES string of the molecule is CC[C@@H](C)NC(=O)[C@H](CC)N(Cc1ccccc1)C(=O)CCCN(c1cc(C)ccc1C)S(C)(=O)=O. The minimum Gasteiger partial charge on any atom is -0.352 e. The summed E-state index contributed by atoms with van der Waals surface area (Å²) in [5.41, 5.74) is 3.39. The van der Waals surface area contributed by atoms with Crippen LogP contribution in [0.3, 0.4) is 0 Å². The third-order valence-electron chi connectivity index (χ3n) is 6.37. The molecular formula is C28H41N3O4S. The zero-order chi connectivity index (χ0) is 26.9. The number of anilines is 1. The van der Waals surface area contributed by atoms with Crippen LogP contribution in [0, 0.1) is 13.8 Å². The molecule has 2 rings (SSSR count). The van der Waals surface area contributed by atoms with E-state index in [1.165, 1.54) is 10.6 Å². The van der Waals surface area contributed by atoms with Crippen molar-refractivity contribution in [1.29, 1.82) is 0 Å². The van der Waals surface area contributed by atoms with Crippen LogP contribution >= 0.6 is 0 Å². The van der Waals surface area contributed by atoms with Gasteiger partial charge in [0.2, 0.25) is 21.8 Å². The van der Waals surface area contributed by atoms with E-state index in [1.54, 1.807) is 4.90 Å². The van der Waals surface area contributed by atoms with E-state index in [9.17, 15) is 18.0 Å². The highest BCUT2D eigenvalue weighted by Crippen LogP contribution is 2.25. The summed E-state index contributed by atoms with van der Waals surface area (Å²) in [5, 5.41) is 3.01. The summed E-state index contributed by atoms with van der Waals surface area (Å²) < 4.78 is 26.6. The number of nitrogens with zero attached hydrogens (tertiary/aromatic N) is 2. The minimum atomic E-state index is -3.53. The lowest BCUT2D eigenvalue weighted by Gasteiger charge is -2.32. The van der Waals surface area contributed by atoms with Crippen LogP contribution in [0.2, 0.25) is 0 Å². The molecule has 0 saturated carbocycles. The molecule has 0 spiro atoms. The van der Waals surface area contributed by atoms with Crippen molar-refractivity contribution in [3.63, 3.8) is 0 Å². The van der Waals surface area contributed by atoms with Gasteiger partial charge in [-0.1, -0.05) is 56.3 Å². The van der Waals surface area contributed by atoms with Crippen LogP contribution in [0.4, 0.5) is 5.69 Å². The Kier molecular flexibility index (Phi) is 11.0. The predicted octanol–water partition coefficient (Wildman–Crippen LogP) is 4.57. The average Bonchev–Trinajstić information content (AvgIpc) is 2.83. The first kappa shape index (κ1) is 29.4. The molecule has 36 heavy (non-hydrogen) atoms. The highest BCUT2D eigenvalue weighted by Gasteiger charge is 2.29. The molecule has 0 aliphatic carbocycles. The molecule has 0 aliphatic rings. The number of rotatable bonds is 13. The Balaban J connectivity index is 2.23. The largest absolute Gasteiger partial charge is 0.352 e. The Morgan fingerprint density at radius 3 is 2.25 bits per heavy atom. The number of sulfonamides is 1. The molecule has 8 heteroatoms. The normalized spacial score (nSPS) is 13.1. The molecule has 0 unspecified atom stereocenters. The second-order valence-electron chi connectivity index (χ2n) is 9.48. The molecular weight excluding hydrogens is 474 g/mol. The van der Waals surface area contributed by atoms with Crippen LogP contribution in [0.1, 0.15) is 63.1 Å². The molecule has 0 heterocycles. The van der Waals surface area contributed by atoms with Crippen molar-refractivity contribution in [2.45, 2.75) is 78.9 Å². The maximum atomic E-state index is 13.5. The zero-order valence-corrected chi connectivity index (χ0v) is 23.3. The molecule has 0 fully saturated rings. The van der Waals surface area contributed by atoms with Crippen LogP contribution in [-0.2, 0) is 26.2 Å². The Labute approximate surface area is 216 Å². The zero-order valence-electron chi connectivity index (χ0n) is 22.5. The monoisotopic (exact) mass is 515 g/mol. The van der Waals surface area contributed by atoms with Crippen molar-refractivity contribution >= 4 is 27.5 Å². The Morgan fingerprint density at radius 1 is 1.00 bits per heavy atom. The number of carbonyl (C=O) groups is 2. The molecule has 0 bridgehead atoms. The van der Waals surface area contributed by atoms with E-state index in [4.69, 9.17) is 0 Å². The van der Waals surface area contributed by atoms with Crippen molar-refractivity contribution in [3.8, 4) is 0 Å². The lowest BCUT2D eigenvalue weighted by Crippen LogP contribution is -2.50. The summed E-state index contributed by atoms with van der Waals surface area (Å²) >= 11 is 0. The van der Waals surface area contributed by atoms with Gasteiger partial charge < -0.3 is 10.2 Å². The summed E-state index contributed by atoms with van der Waals surface area (Å²) in [6.07, 6.45) is 2.95. The van der Waals surface area contributed by atoms with E-state index in [0.717, 1.165) is 23.1 Å². The third kappa shape index (κ3) is 8.36. The number of hydrogen-bond donors (Lipinski definition) is 1. The molecule has 1 N–H and O–H groups in total. The molecule has 7 nitrogen and oxygen atoms in total. The molecule has 2 aromatic carbocycles. The van der Waals surface area contributed by atoms with Gasteiger partial charge in [0, 0.05) is 25.6 Å². The lowest BCUT2D eigenvalue weighted by molar-refractivity contribution is -0.141. The molecule has 0 radical (unpaired) electrons. The number of benzene rings is 2. The van der Waals surface area contributed by atoms with Crippen molar-refractivity contribution in [2.75, 3.05) is 17.1 Å². The van der Waals surface area contributed by atoms with Crippen LogP contribution in [0.15, 0.2) is 48.5 Å². The number of amides is 2. The first-order chi connectivity index (χ1) is 17.0. The smallest absolute Gasteiger partial charge is 0.243 e. The van der Waals surface area contributed by atoms with Crippen molar-refractivity contribution < 1.29 is 18.0 Å². The van der Waals surface area contributed by atoms with Crippen molar-refractivity contribution in [3.05, 3.63) is 65.2 Å². The highest BCUT2D eigenvalue weighted by atomic mass is 32.2. The van der Waals surface area contributed by atoms with Gasteiger partial charge >= 0.3 is 0 Å². The lowest BCUT2D eigenvalue weighted by atomic mass is 10.1. The van der Waals surface area contributed by atoms with Gasteiger partial charge in [-0.25, -0.2) is 8.42 Å².